The first-order valence-electron chi connectivity index (χ1n) is 6.82. The average Bonchev–Trinajstić information content (AvgIpc) is 2.38. The minimum absolute atomic E-state index is 0.833. The fourth-order valence-corrected chi connectivity index (χ4v) is 2.64. The molecule has 0 fully saturated rings. The molecular weight excluding hydrogens is 208 g/mol. The Morgan fingerprint density at radius 3 is 2.82 bits per heavy atom. The zero-order valence-electron chi connectivity index (χ0n) is 10.8. The number of nitrogens with one attached hydrogen (secondary N) is 2. The second-order valence-corrected chi connectivity index (χ2v) is 5.04. The number of hydrogen-bond acceptors (Lipinski definition) is 2. The van der Waals surface area contributed by atoms with Gasteiger partial charge >= 0.3 is 0 Å². The molecular formula is C15H24N2. The normalized spacial score (nSPS) is 19.0. The Kier molecular flexibility index (Phi) is 5.02. The van der Waals surface area contributed by atoms with Crippen LogP contribution in [0, 0.1) is 5.92 Å². The molecule has 1 unspecified atom stereocenters. The fraction of sp³-hybridized carbons (Fsp3) is 0.600. The molecule has 0 heterocycles. The molecule has 2 rings (SSSR count). The second kappa shape index (κ2) is 6.77. The van der Waals surface area contributed by atoms with Gasteiger partial charge in [0.05, 0.1) is 0 Å². The van der Waals surface area contributed by atoms with Crippen molar-refractivity contribution in [1.82, 2.24) is 10.6 Å². The van der Waals surface area contributed by atoms with Crippen LogP contribution in [0.5, 0.6) is 0 Å². The minimum atomic E-state index is 0.833. The van der Waals surface area contributed by atoms with Crippen molar-refractivity contribution in [3.8, 4) is 0 Å². The molecule has 0 aliphatic heterocycles. The summed E-state index contributed by atoms with van der Waals surface area (Å²) < 4.78 is 0. The molecule has 0 saturated carbocycles. The quantitative estimate of drug-likeness (QED) is 0.733. The fourth-order valence-electron chi connectivity index (χ4n) is 2.64. The molecule has 2 heteroatoms. The van der Waals surface area contributed by atoms with Gasteiger partial charge < -0.3 is 10.6 Å². The maximum absolute atomic E-state index is 3.58. The molecule has 0 saturated heterocycles. The lowest BCUT2D eigenvalue weighted by molar-refractivity contribution is 0.422. The van der Waals surface area contributed by atoms with Gasteiger partial charge in [0, 0.05) is 0 Å². The summed E-state index contributed by atoms with van der Waals surface area (Å²) in [5, 5.41) is 6.76. The predicted octanol–water partition coefficient (Wildman–Crippen LogP) is 1.99. The molecule has 0 amide bonds. The van der Waals surface area contributed by atoms with E-state index in [1.807, 2.05) is 7.05 Å². The third-order valence-electron chi connectivity index (χ3n) is 3.66. The van der Waals surface area contributed by atoms with Crippen molar-refractivity contribution in [2.45, 2.75) is 25.7 Å². The number of aryl methyl sites for hydroxylation is 1. The molecule has 0 aromatic heterocycles. The number of benzene rings is 1. The van der Waals surface area contributed by atoms with Gasteiger partial charge in [0.1, 0.15) is 0 Å². The van der Waals surface area contributed by atoms with Crippen molar-refractivity contribution in [2.75, 3.05) is 26.7 Å². The molecule has 1 aromatic rings. The first-order valence-corrected chi connectivity index (χ1v) is 6.82. The topological polar surface area (TPSA) is 24.1 Å². The lowest BCUT2D eigenvalue weighted by Gasteiger charge is -2.24. The van der Waals surface area contributed by atoms with E-state index in [0.29, 0.717) is 0 Å². The van der Waals surface area contributed by atoms with Gasteiger partial charge in [0.2, 0.25) is 0 Å². The van der Waals surface area contributed by atoms with E-state index in [9.17, 15) is 0 Å². The Bertz CT molecular complexity index is 335. The van der Waals surface area contributed by atoms with Crippen LogP contribution >= 0.6 is 0 Å². The number of fused-ring (bicyclic) bond motifs is 1. The van der Waals surface area contributed by atoms with E-state index in [2.05, 4.69) is 34.9 Å². The van der Waals surface area contributed by atoms with Crippen LogP contribution in [0.2, 0.25) is 0 Å². The maximum Gasteiger partial charge on any atom is -0.00172 e. The van der Waals surface area contributed by atoms with Crippen LogP contribution in [0.15, 0.2) is 24.3 Å². The third kappa shape index (κ3) is 3.83. The lowest BCUT2D eigenvalue weighted by Crippen LogP contribution is -2.29. The predicted molar refractivity (Wildman–Crippen MR) is 73.4 cm³/mol. The second-order valence-electron chi connectivity index (χ2n) is 5.04. The molecule has 2 nitrogen and oxygen atoms in total. The highest BCUT2D eigenvalue weighted by atomic mass is 14.9. The van der Waals surface area contributed by atoms with Crippen molar-refractivity contribution in [2.24, 2.45) is 5.92 Å². The van der Waals surface area contributed by atoms with E-state index < -0.39 is 0 Å². The summed E-state index contributed by atoms with van der Waals surface area (Å²) >= 11 is 0. The molecule has 2 N–H and O–H groups in total. The first kappa shape index (κ1) is 12.6. The van der Waals surface area contributed by atoms with Crippen molar-refractivity contribution in [3.63, 3.8) is 0 Å². The first-order chi connectivity index (χ1) is 8.40. The molecule has 0 bridgehead atoms. The number of hydrogen-bond donors (Lipinski definition) is 2. The Morgan fingerprint density at radius 1 is 1.18 bits per heavy atom. The highest BCUT2D eigenvalue weighted by Gasteiger charge is 2.17. The van der Waals surface area contributed by atoms with Crippen LogP contribution in [-0.2, 0) is 12.8 Å². The Balaban J connectivity index is 1.71. The van der Waals surface area contributed by atoms with Crippen molar-refractivity contribution in [3.05, 3.63) is 35.4 Å². The molecule has 0 radical (unpaired) electrons. The summed E-state index contributed by atoms with van der Waals surface area (Å²) in [6.07, 6.45) is 5.09. The Labute approximate surface area is 105 Å². The maximum atomic E-state index is 3.58. The summed E-state index contributed by atoms with van der Waals surface area (Å²) in [6.45, 7) is 3.43. The molecule has 17 heavy (non-hydrogen) atoms. The highest BCUT2D eigenvalue weighted by molar-refractivity contribution is 5.29. The standard InChI is InChI=1S/C15H24N2/c1-16-9-4-10-17-12-13-7-8-14-5-2-3-6-15(14)11-13/h2-3,5-6,13,16-17H,4,7-12H2,1H3. The average molecular weight is 232 g/mol. The smallest absolute Gasteiger partial charge is 0.00172 e. The monoisotopic (exact) mass is 232 g/mol. The van der Waals surface area contributed by atoms with Gasteiger partial charge in [-0.1, -0.05) is 24.3 Å². The van der Waals surface area contributed by atoms with Crippen LogP contribution in [0.3, 0.4) is 0 Å². The van der Waals surface area contributed by atoms with Crippen LogP contribution in [0.4, 0.5) is 0 Å². The van der Waals surface area contributed by atoms with E-state index in [-0.39, 0.29) is 0 Å². The minimum Gasteiger partial charge on any atom is -0.320 e. The van der Waals surface area contributed by atoms with E-state index in [1.54, 1.807) is 11.1 Å². The Morgan fingerprint density at radius 2 is 2.00 bits per heavy atom. The number of rotatable bonds is 6. The SMILES string of the molecule is CNCCCNCC1CCc2ccccc2C1. The van der Waals surface area contributed by atoms with Crippen molar-refractivity contribution < 1.29 is 0 Å². The molecule has 0 spiro atoms. The summed E-state index contributed by atoms with van der Waals surface area (Å²) in [4.78, 5) is 0. The van der Waals surface area contributed by atoms with E-state index in [0.717, 1.165) is 19.0 Å². The molecule has 1 aromatic carbocycles. The van der Waals surface area contributed by atoms with Gasteiger partial charge in [-0.15, -0.1) is 0 Å². The van der Waals surface area contributed by atoms with E-state index >= 15 is 0 Å². The summed E-state index contributed by atoms with van der Waals surface area (Å²) in [7, 11) is 2.01. The van der Waals surface area contributed by atoms with Crippen LogP contribution in [0.25, 0.3) is 0 Å². The van der Waals surface area contributed by atoms with Crippen LogP contribution in [0.1, 0.15) is 24.0 Å². The van der Waals surface area contributed by atoms with Gasteiger partial charge in [-0.3, -0.25) is 0 Å². The van der Waals surface area contributed by atoms with Crippen molar-refractivity contribution >= 4 is 0 Å². The van der Waals surface area contributed by atoms with Gasteiger partial charge in [0.15, 0.2) is 0 Å². The van der Waals surface area contributed by atoms with E-state index in [1.165, 1.54) is 32.2 Å². The molecule has 1 aliphatic rings. The molecule has 1 aliphatic carbocycles. The third-order valence-corrected chi connectivity index (χ3v) is 3.66. The lowest BCUT2D eigenvalue weighted by atomic mass is 9.84. The molecule has 94 valence electrons. The van der Waals surface area contributed by atoms with Crippen LogP contribution in [-0.4, -0.2) is 26.7 Å². The Hall–Kier alpha value is -0.860. The zero-order chi connectivity index (χ0) is 11.9. The highest BCUT2D eigenvalue weighted by Crippen LogP contribution is 2.24. The molecule has 1 atom stereocenters. The van der Waals surface area contributed by atoms with Crippen molar-refractivity contribution in [1.29, 1.82) is 0 Å². The van der Waals surface area contributed by atoms with Gasteiger partial charge in [-0.05, 0) is 69.4 Å². The van der Waals surface area contributed by atoms with E-state index in [4.69, 9.17) is 0 Å². The zero-order valence-corrected chi connectivity index (χ0v) is 10.8. The van der Waals surface area contributed by atoms with Gasteiger partial charge in [-0.25, -0.2) is 0 Å². The summed E-state index contributed by atoms with van der Waals surface area (Å²) in [6, 6.07) is 8.91. The van der Waals surface area contributed by atoms with Gasteiger partial charge in [0.25, 0.3) is 0 Å². The largest absolute Gasteiger partial charge is 0.320 e. The summed E-state index contributed by atoms with van der Waals surface area (Å²) in [5.74, 6) is 0.833. The van der Waals surface area contributed by atoms with Crippen LogP contribution < -0.4 is 10.6 Å². The summed E-state index contributed by atoms with van der Waals surface area (Å²) in [5.41, 5.74) is 3.14. The van der Waals surface area contributed by atoms with Gasteiger partial charge in [-0.2, -0.15) is 0 Å².